The van der Waals surface area contributed by atoms with Gasteiger partial charge in [-0.2, -0.15) is 0 Å². The molecule has 1 aliphatic rings. The normalized spacial score (nSPS) is 31.3. The first-order valence-electron chi connectivity index (χ1n) is 6.76. The van der Waals surface area contributed by atoms with Gasteiger partial charge in [0.15, 0.2) is 6.29 Å². The van der Waals surface area contributed by atoms with E-state index in [9.17, 15) is 15.0 Å². The van der Waals surface area contributed by atoms with Crippen molar-refractivity contribution >= 4 is 6.03 Å². The van der Waals surface area contributed by atoms with Crippen LogP contribution < -0.4 is 10.6 Å². The first-order valence-corrected chi connectivity index (χ1v) is 6.76. The van der Waals surface area contributed by atoms with Crippen LogP contribution in [0.25, 0.3) is 0 Å². The van der Waals surface area contributed by atoms with Gasteiger partial charge < -0.3 is 40.2 Å². The lowest BCUT2D eigenvalue weighted by Crippen LogP contribution is -2.65. The predicted molar refractivity (Wildman–Crippen MR) is 74.7 cm³/mol. The molecule has 0 unspecified atom stereocenters. The zero-order chi connectivity index (χ0) is 16.5. The predicted octanol–water partition coefficient (Wildman–Crippen LogP) is -2.61. The number of nitrogens with one attached hydrogen (secondary N) is 2. The number of ether oxygens (including phenoxy) is 3. The van der Waals surface area contributed by atoms with Crippen LogP contribution in [0, 0.1) is 12.3 Å². The summed E-state index contributed by atoms with van der Waals surface area (Å²) in [5.74, 6) is 2.29. The summed E-state index contributed by atoms with van der Waals surface area (Å²) in [6.07, 6.45) is 0.321. The van der Waals surface area contributed by atoms with E-state index in [1.165, 1.54) is 7.11 Å². The summed E-state index contributed by atoms with van der Waals surface area (Å²) < 4.78 is 15.3. The van der Waals surface area contributed by atoms with Crippen LogP contribution in [-0.4, -0.2) is 85.5 Å². The molecule has 0 aromatic rings. The SMILES string of the molecule is C#CCOCCNC(=O)N[C@H]1[C@H](OC)O[C@H](CO)[C@H](O)[C@@H]1O. The number of carbonyl (C=O) groups excluding carboxylic acids is 1. The molecule has 0 bridgehead atoms. The molecule has 1 saturated heterocycles. The number of hydrogen-bond donors (Lipinski definition) is 5. The Labute approximate surface area is 128 Å². The Bertz CT molecular complexity index is 385. The number of rotatable bonds is 7. The lowest BCUT2D eigenvalue weighted by atomic mass is 9.97. The molecular formula is C13H22N2O7. The summed E-state index contributed by atoms with van der Waals surface area (Å²) in [5.41, 5.74) is 0. The summed E-state index contributed by atoms with van der Waals surface area (Å²) in [4.78, 5) is 11.7. The number of terminal acetylenes is 1. The zero-order valence-electron chi connectivity index (χ0n) is 12.3. The third kappa shape index (κ3) is 5.10. The van der Waals surface area contributed by atoms with Crippen LogP contribution in [0.15, 0.2) is 0 Å². The van der Waals surface area contributed by atoms with E-state index in [2.05, 4.69) is 16.6 Å². The van der Waals surface area contributed by atoms with Crippen molar-refractivity contribution in [3.63, 3.8) is 0 Å². The number of carbonyl (C=O) groups is 1. The van der Waals surface area contributed by atoms with Gasteiger partial charge in [-0.15, -0.1) is 6.42 Å². The molecular weight excluding hydrogens is 296 g/mol. The largest absolute Gasteiger partial charge is 0.394 e. The highest BCUT2D eigenvalue weighted by atomic mass is 16.7. The Hall–Kier alpha value is -1.41. The molecule has 5 atom stereocenters. The van der Waals surface area contributed by atoms with Crippen molar-refractivity contribution in [2.75, 3.05) is 33.5 Å². The molecule has 0 aliphatic carbocycles. The molecule has 0 radical (unpaired) electrons. The van der Waals surface area contributed by atoms with Crippen molar-refractivity contribution < 1.29 is 34.3 Å². The number of urea groups is 1. The molecule has 0 aromatic heterocycles. The van der Waals surface area contributed by atoms with Crippen LogP contribution in [0.5, 0.6) is 0 Å². The van der Waals surface area contributed by atoms with Gasteiger partial charge in [0.1, 0.15) is 31.0 Å². The summed E-state index contributed by atoms with van der Waals surface area (Å²) >= 11 is 0. The van der Waals surface area contributed by atoms with E-state index in [1.54, 1.807) is 0 Å². The maximum atomic E-state index is 11.7. The number of hydrogen-bond acceptors (Lipinski definition) is 7. The quantitative estimate of drug-likeness (QED) is 0.257. The summed E-state index contributed by atoms with van der Waals surface area (Å²) in [6, 6.07) is -1.58. The van der Waals surface area contributed by atoms with Crippen LogP contribution in [0.1, 0.15) is 0 Å². The van der Waals surface area contributed by atoms with Crippen LogP contribution in [0.2, 0.25) is 0 Å². The van der Waals surface area contributed by atoms with Crippen molar-refractivity contribution in [1.29, 1.82) is 0 Å². The minimum absolute atomic E-state index is 0.152. The van der Waals surface area contributed by atoms with Crippen LogP contribution in [-0.2, 0) is 14.2 Å². The van der Waals surface area contributed by atoms with Gasteiger partial charge in [-0.3, -0.25) is 0 Å². The van der Waals surface area contributed by atoms with Gasteiger partial charge >= 0.3 is 6.03 Å². The number of aliphatic hydroxyl groups is 3. The van der Waals surface area contributed by atoms with Crippen molar-refractivity contribution in [2.45, 2.75) is 30.6 Å². The summed E-state index contributed by atoms with van der Waals surface area (Å²) in [5, 5.41) is 33.8. The molecule has 1 aliphatic heterocycles. The molecule has 5 N–H and O–H groups in total. The topological polar surface area (TPSA) is 130 Å². The van der Waals surface area contributed by atoms with Crippen molar-refractivity contribution in [2.24, 2.45) is 0 Å². The monoisotopic (exact) mass is 318 g/mol. The van der Waals surface area contributed by atoms with Crippen molar-refractivity contribution in [1.82, 2.24) is 10.6 Å². The Morgan fingerprint density at radius 1 is 1.41 bits per heavy atom. The highest BCUT2D eigenvalue weighted by molar-refractivity contribution is 5.74. The molecule has 9 nitrogen and oxygen atoms in total. The maximum absolute atomic E-state index is 11.7. The van der Waals surface area contributed by atoms with Crippen LogP contribution in [0.3, 0.4) is 0 Å². The molecule has 9 heteroatoms. The fraction of sp³-hybridized carbons (Fsp3) is 0.769. The second-order valence-corrected chi connectivity index (χ2v) is 4.63. The highest BCUT2D eigenvalue weighted by Crippen LogP contribution is 2.21. The molecule has 126 valence electrons. The fourth-order valence-corrected chi connectivity index (χ4v) is 2.01. The minimum atomic E-state index is -1.35. The number of methoxy groups -OCH3 is 1. The van der Waals surface area contributed by atoms with Gasteiger partial charge in [0.2, 0.25) is 0 Å². The smallest absolute Gasteiger partial charge is 0.315 e. The molecule has 22 heavy (non-hydrogen) atoms. The summed E-state index contributed by atoms with van der Waals surface area (Å²) in [6.45, 7) is 0.128. The van der Waals surface area contributed by atoms with Gasteiger partial charge in [-0.1, -0.05) is 5.92 Å². The Balaban J connectivity index is 2.47. The molecule has 2 amide bonds. The number of amides is 2. The Morgan fingerprint density at radius 3 is 2.73 bits per heavy atom. The van der Waals surface area contributed by atoms with Gasteiger partial charge in [0, 0.05) is 13.7 Å². The fourth-order valence-electron chi connectivity index (χ4n) is 2.01. The Kier molecular flexibility index (Phi) is 8.11. The van der Waals surface area contributed by atoms with Gasteiger partial charge in [-0.05, 0) is 0 Å². The van der Waals surface area contributed by atoms with E-state index < -0.39 is 43.3 Å². The molecule has 0 aromatic carbocycles. The molecule has 1 heterocycles. The zero-order valence-corrected chi connectivity index (χ0v) is 12.3. The average Bonchev–Trinajstić information content (AvgIpc) is 2.52. The van der Waals surface area contributed by atoms with E-state index in [0.717, 1.165) is 0 Å². The first-order chi connectivity index (χ1) is 10.5. The average molecular weight is 318 g/mol. The molecule has 1 rings (SSSR count). The Morgan fingerprint density at radius 2 is 2.14 bits per heavy atom. The molecule has 0 saturated carbocycles. The first kappa shape index (κ1) is 18.6. The second kappa shape index (κ2) is 9.58. The second-order valence-electron chi connectivity index (χ2n) is 4.63. The molecule has 0 spiro atoms. The molecule has 1 fully saturated rings. The third-order valence-electron chi connectivity index (χ3n) is 3.13. The lowest BCUT2D eigenvalue weighted by molar-refractivity contribution is -0.261. The summed E-state index contributed by atoms with van der Waals surface area (Å²) in [7, 11) is 1.32. The third-order valence-corrected chi connectivity index (χ3v) is 3.13. The van der Waals surface area contributed by atoms with Crippen LogP contribution in [0.4, 0.5) is 4.79 Å². The standard InChI is InChI=1S/C13H22N2O7/c1-3-5-21-6-4-14-13(19)15-9-11(18)10(17)8(7-16)22-12(9)20-2/h1,8-12,16-18H,4-7H2,2H3,(H2,14,15,19)/t8-,9-,10+,11-,12-/m1/s1. The van der Waals surface area contributed by atoms with E-state index in [-0.39, 0.29) is 19.8 Å². The van der Waals surface area contributed by atoms with E-state index in [1.807, 2.05) is 0 Å². The lowest BCUT2D eigenvalue weighted by Gasteiger charge is -2.41. The minimum Gasteiger partial charge on any atom is -0.394 e. The van der Waals surface area contributed by atoms with Crippen molar-refractivity contribution in [3.8, 4) is 12.3 Å². The van der Waals surface area contributed by atoms with E-state index in [4.69, 9.17) is 25.7 Å². The van der Waals surface area contributed by atoms with E-state index in [0.29, 0.717) is 0 Å². The van der Waals surface area contributed by atoms with Crippen LogP contribution >= 0.6 is 0 Å². The van der Waals surface area contributed by atoms with Gasteiger partial charge in [0.05, 0.1) is 13.2 Å². The van der Waals surface area contributed by atoms with E-state index >= 15 is 0 Å². The highest BCUT2D eigenvalue weighted by Gasteiger charge is 2.45. The number of aliphatic hydroxyl groups excluding tert-OH is 3. The maximum Gasteiger partial charge on any atom is 0.315 e. The van der Waals surface area contributed by atoms with Gasteiger partial charge in [0.25, 0.3) is 0 Å². The van der Waals surface area contributed by atoms with Crippen molar-refractivity contribution in [3.05, 3.63) is 0 Å². The van der Waals surface area contributed by atoms with Gasteiger partial charge in [-0.25, -0.2) is 4.79 Å².